The van der Waals surface area contributed by atoms with Crippen molar-refractivity contribution >= 4 is 44.1 Å². The number of aliphatic hydroxyl groups is 1. The van der Waals surface area contributed by atoms with Crippen molar-refractivity contribution in [2.24, 2.45) is 0 Å². The normalized spacial score (nSPS) is 12.5. The molecule has 1 heterocycles. The fourth-order valence-corrected chi connectivity index (χ4v) is 2.94. The van der Waals surface area contributed by atoms with Gasteiger partial charge in [-0.1, -0.05) is 39.7 Å². The Balaban J connectivity index is 1.97. The molecule has 0 fully saturated rings. The van der Waals surface area contributed by atoms with E-state index >= 15 is 0 Å². The van der Waals surface area contributed by atoms with Crippen LogP contribution < -0.4 is 5.32 Å². The molecule has 0 radical (unpaired) electrons. The fourth-order valence-electron chi connectivity index (χ4n) is 2.28. The summed E-state index contributed by atoms with van der Waals surface area (Å²) in [4.78, 5) is 0. The first-order valence-corrected chi connectivity index (χ1v) is 7.60. The minimum Gasteiger partial charge on any atom is -0.394 e. The van der Waals surface area contributed by atoms with E-state index in [1.54, 1.807) is 6.20 Å². The zero-order valence-corrected chi connectivity index (χ0v) is 13.3. The van der Waals surface area contributed by atoms with Crippen LogP contribution in [0.3, 0.4) is 0 Å². The lowest BCUT2D eigenvalue weighted by atomic mass is 10.1. The van der Waals surface area contributed by atoms with Crippen molar-refractivity contribution in [3.63, 3.8) is 0 Å². The molecule has 2 aromatic carbocycles. The second-order valence-corrected chi connectivity index (χ2v) is 6.07. The molecule has 6 heteroatoms. The number of hydrogen-bond donors (Lipinski definition) is 3. The van der Waals surface area contributed by atoms with Gasteiger partial charge in [0.05, 0.1) is 24.4 Å². The summed E-state index contributed by atoms with van der Waals surface area (Å²) in [5.41, 5.74) is 2.75. The maximum absolute atomic E-state index is 9.68. The highest BCUT2D eigenvalue weighted by Gasteiger charge is 2.13. The number of H-pyrrole nitrogens is 1. The van der Waals surface area contributed by atoms with Gasteiger partial charge in [-0.15, -0.1) is 0 Å². The van der Waals surface area contributed by atoms with Crippen LogP contribution in [0.5, 0.6) is 0 Å². The highest BCUT2D eigenvalue weighted by atomic mass is 79.9. The Morgan fingerprint density at radius 1 is 1.33 bits per heavy atom. The van der Waals surface area contributed by atoms with E-state index in [2.05, 4.69) is 31.4 Å². The van der Waals surface area contributed by atoms with Crippen LogP contribution in [0.2, 0.25) is 5.02 Å². The Morgan fingerprint density at radius 2 is 2.19 bits per heavy atom. The van der Waals surface area contributed by atoms with Gasteiger partial charge in [0.25, 0.3) is 0 Å². The van der Waals surface area contributed by atoms with Gasteiger partial charge >= 0.3 is 0 Å². The number of aromatic nitrogens is 2. The molecule has 4 nitrogen and oxygen atoms in total. The van der Waals surface area contributed by atoms with Gasteiger partial charge in [0.1, 0.15) is 0 Å². The van der Waals surface area contributed by atoms with E-state index in [1.807, 2.05) is 36.4 Å². The number of fused-ring (bicyclic) bond motifs is 1. The quantitative estimate of drug-likeness (QED) is 0.651. The third-order valence-corrected chi connectivity index (χ3v) is 3.98. The molecular formula is C15H13BrClN3O. The van der Waals surface area contributed by atoms with Crippen molar-refractivity contribution in [2.45, 2.75) is 6.04 Å². The highest BCUT2D eigenvalue weighted by Crippen LogP contribution is 2.30. The van der Waals surface area contributed by atoms with Crippen LogP contribution in [0.15, 0.2) is 47.1 Å². The Morgan fingerprint density at radius 3 is 2.95 bits per heavy atom. The number of aromatic amines is 1. The van der Waals surface area contributed by atoms with Crippen molar-refractivity contribution in [3.05, 3.63) is 57.7 Å². The molecule has 21 heavy (non-hydrogen) atoms. The van der Waals surface area contributed by atoms with Crippen molar-refractivity contribution in [1.82, 2.24) is 10.2 Å². The zero-order valence-electron chi connectivity index (χ0n) is 11.0. The molecule has 0 bridgehead atoms. The van der Waals surface area contributed by atoms with Crippen LogP contribution in [0.25, 0.3) is 10.9 Å². The van der Waals surface area contributed by atoms with Crippen molar-refractivity contribution < 1.29 is 5.11 Å². The Labute approximate surface area is 135 Å². The molecule has 0 aliphatic heterocycles. The van der Waals surface area contributed by atoms with Gasteiger partial charge in [-0.2, -0.15) is 5.10 Å². The first-order chi connectivity index (χ1) is 10.2. The third kappa shape index (κ3) is 3.05. The second kappa shape index (κ2) is 6.05. The maximum Gasteiger partial charge on any atom is 0.0745 e. The number of rotatable bonds is 4. The van der Waals surface area contributed by atoms with Crippen LogP contribution in [-0.2, 0) is 0 Å². The van der Waals surface area contributed by atoms with Crippen molar-refractivity contribution in [2.75, 3.05) is 11.9 Å². The number of nitrogens with one attached hydrogen (secondary N) is 2. The van der Waals surface area contributed by atoms with E-state index in [0.29, 0.717) is 5.02 Å². The van der Waals surface area contributed by atoms with Crippen LogP contribution in [-0.4, -0.2) is 21.9 Å². The molecule has 108 valence electrons. The average Bonchev–Trinajstić information content (AvgIpc) is 2.92. The maximum atomic E-state index is 9.68. The summed E-state index contributed by atoms with van der Waals surface area (Å²) in [6, 6.07) is 11.1. The van der Waals surface area contributed by atoms with Crippen LogP contribution in [0, 0.1) is 0 Å². The van der Waals surface area contributed by atoms with E-state index in [1.165, 1.54) is 0 Å². The van der Waals surface area contributed by atoms with E-state index in [0.717, 1.165) is 26.6 Å². The van der Waals surface area contributed by atoms with E-state index in [-0.39, 0.29) is 12.6 Å². The summed E-state index contributed by atoms with van der Waals surface area (Å²) < 4.78 is 0.935. The topological polar surface area (TPSA) is 60.9 Å². The number of benzene rings is 2. The largest absolute Gasteiger partial charge is 0.394 e. The lowest BCUT2D eigenvalue weighted by Crippen LogP contribution is -2.15. The molecule has 0 saturated carbocycles. The molecule has 0 amide bonds. The van der Waals surface area contributed by atoms with E-state index < -0.39 is 0 Å². The first kappa shape index (κ1) is 14.4. The molecule has 1 aromatic heterocycles. The molecule has 3 aromatic rings. The van der Waals surface area contributed by atoms with Crippen molar-refractivity contribution in [3.8, 4) is 0 Å². The molecule has 0 aliphatic carbocycles. The summed E-state index contributed by atoms with van der Waals surface area (Å²) in [5.74, 6) is 0. The van der Waals surface area contributed by atoms with Gasteiger partial charge in [0, 0.05) is 20.6 Å². The molecule has 0 spiro atoms. The molecule has 0 saturated heterocycles. The predicted molar refractivity (Wildman–Crippen MR) is 88.7 cm³/mol. The Kier molecular flexibility index (Phi) is 4.14. The van der Waals surface area contributed by atoms with E-state index in [9.17, 15) is 5.11 Å². The first-order valence-electron chi connectivity index (χ1n) is 6.43. The standard InChI is InChI=1S/C15H13BrClN3O/c16-10-5-13(12-7-18-20-14(12)6-10)19-15(8-21)9-2-1-3-11(17)4-9/h1-7,15,19,21H,8H2,(H,18,20). The minimum atomic E-state index is -0.240. The number of hydrogen-bond acceptors (Lipinski definition) is 3. The number of anilines is 1. The summed E-state index contributed by atoms with van der Waals surface area (Å²) in [5, 5.41) is 21.6. The summed E-state index contributed by atoms with van der Waals surface area (Å²) in [6.07, 6.45) is 1.76. The molecule has 3 rings (SSSR count). The predicted octanol–water partition coefficient (Wildman–Crippen LogP) is 4.12. The lowest BCUT2D eigenvalue weighted by Gasteiger charge is -2.19. The smallest absolute Gasteiger partial charge is 0.0745 e. The van der Waals surface area contributed by atoms with Gasteiger partial charge in [-0.3, -0.25) is 5.10 Å². The lowest BCUT2D eigenvalue weighted by molar-refractivity contribution is 0.276. The second-order valence-electron chi connectivity index (χ2n) is 4.72. The SMILES string of the molecule is OCC(Nc1cc(Br)cc2[nH]ncc12)c1cccc(Cl)c1. The summed E-state index contributed by atoms with van der Waals surface area (Å²) in [7, 11) is 0. The fraction of sp³-hybridized carbons (Fsp3) is 0.133. The Hall–Kier alpha value is -1.56. The summed E-state index contributed by atoms with van der Waals surface area (Å²) >= 11 is 9.50. The molecular weight excluding hydrogens is 354 g/mol. The minimum absolute atomic E-state index is 0.0355. The Bertz CT molecular complexity index is 774. The van der Waals surface area contributed by atoms with Gasteiger partial charge in [-0.05, 0) is 29.8 Å². The van der Waals surface area contributed by atoms with Gasteiger partial charge in [-0.25, -0.2) is 0 Å². The number of halogens is 2. The molecule has 3 N–H and O–H groups in total. The number of nitrogens with zero attached hydrogens (tertiary/aromatic N) is 1. The monoisotopic (exact) mass is 365 g/mol. The van der Waals surface area contributed by atoms with Crippen LogP contribution in [0.1, 0.15) is 11.6 Å². The van der Waals surface area contributed by atoms with E-state index in [4.69, 9.17) is 11.6 Å². The average molecular weight is 367 g/mol. The van der Waals surface area contributed by atoms with Gasteiger partial charge in [0.2, 0.25) is 0 Å². The van der Waals surface area contributed by atoms with Gasteiger partial charge in [0.15, 0.2) is 0 Å². The molecule has 1 atom stereocenters. The van der Waals surface area contributed by atoms with Crippen LogP contribution in [0.4, 0.5) is 5.69 Å². The van der Waals surface area contributed by atoms with Gasteiger partial charge < -0.3 is 10.4 Å². The molecule has 0 aliphatic rings. The molecule has 1 unspecified atom stereocenters. The van der Waals surface area contributed by atoms with Crippen molar-refractivity contribution in [1.29, 1.82) is 0 Å². The van der Waals surface area contributed by atoms with Crippen LogP contribution >= 0.6 is 27.5 Å². The number of aliphatic hydroxyl groups excluding tert-OH is 1. The third-order valence-electron chi connectivity index (χ3n) is 3.29. The highest BCUT2D eigenvalue weighted by molar-refractivity contribution is 9.10. The zero-order chi connectivity index (χ0) is 14.8. The summed E-state index contributed by atoms with van der Waals surface area (Å²) in [6.45, 7) is -0.0355.